The van der Waals surface area contributed by atoms with Crippen molar-refractivity contribution in [1.82, 2.24) is 0 Å². The highest BCUT2D eigenvalue weighted by atomic mass is 16.5. The average Bonchev–Trinajstić information content (AvgIpc) is 3.17. The number of rotatable bonds is 5. The Kier molecular flexibility index (Phi) is 3.95. The van der Waals surface area contributed by atoms with Crippen LogP contribution in [0.25, 0.3) is 4.85 Å². The molecule has 0 aliphatic heterocycles. The van der Waals surface area contributed by atoms with Crippen molar-refractivity contribution in [3.05, 3.63) is 40.7 Å². The molecule has 1 aromatic rings. The standard InChI is InChI=1S/C17H23BNO2/c1-12-11-13(17(19-6)9-10-17)7-8-14(12)18-21-16(4,5)15(2,3)20/h7-8,11,20H,9-10H2,1-5H3. The van der Waals surface area contributed by atoms with E-state index in [0.717, 1.165) is 29.4 Å². The summed E-state index contributed by atoms with van der Waals surface area (Å²) >= 11 is 0. The van der Waals surface area contributed by atoms with Gasteiger partial charge in [-0.05, 0) is 40.7 Å². The topological polar surface area (TPSA) is 33.8 Å². The number of aryl methyl sites for hydroxylation is 1. The Hall–Kier alpha value is -1.31. The van der Waals surface area contributed by atoms with E-state index >= 15 is 0 Å². The Bertz CT molecular complexity index is 577. The van der Waals surface area contributed by atoms with Gasteiger partial charge in [-0.2, -0.15) is 0 Å². The van der Waals surface area contributed by atoms with Crippen LogP contribution in [0.1, 0.15) is 51.7 Å². The summed E-state index contributed by atoms with van der Waals surface area (Å²) in [7, 11) is 1.70. The minimum Gasteiger partial charge on any atom is -0.427 e. The first-order valence-electron chi connectivity index (χ1n) is 7.34. The van der Waals surface area contributed by atoms with Crippen molar-refractivity contribution >= 4 is 12.9 Å². The van der Waals surface area contributed by atoms with Crippen LogP contribution in [0.5, 0.6) is 0 Å². The Morgan fingerprint density at radius 3 is 2.33 bits per heavy atom. The maximum atomic E-state index is 10.1. The van der Waals surface area contributed by atoms with Crippen molar-refractivity contribution < 1.29 is 9.76 Å². The molecule has 1 aliphatic rings. The second-order valence-electron chi connectivity index (χ2n) is 7.02. The molecule has 0 aromatic heterocycles. The fourth-order valence-corrected chi connectivity index (χ4v) is 2.04. The second kappa shape index (κ2) is 5.16. The molecule has 0 heterocycles. The summed E-state index contributed by atoms with van der Waals surface area (Å²) < 4.78 is 5.79. The van der Waals surface area contributed by atoms with Gasteiger partial charge in [0.05, 0.1) is 11.2 Å². The molecule has 2 rings (SSSR count). The molecule has 1 aromatic carbocycles. The van der Waals surface area contributed by atoms with Gasteiger partial charge in [-0.3, -0.25) is 0 Å². The highest BCUT2D eigenvalue weighted by Gasteiger charge is 2.52. The summed E-state index contributed by atoms with van der Waals surface area (Å²) in [5, 5.41) is 10.1. The van der Waals surface area contributed by atoms with Gasteiger partial charge in [0, 0.05) is 18.4 Å². The zero-order valence-corrected chi connectivity index (χ0v) is 13.5. The molecule has 1 radical (unpaired) electrons. The van der Waals surface area contributed by atoms with Gasteiger partial charge in [0.2, 0.25) is 0 Å². The van der Waals surface area contributed by atoms with Gasteiger partial charge in [0.25, 0.3) is 5.54 Å². The van der Waals surface area contributed by atoms with E-state index in [1.807, 2.05) is 32.9 Å². The minimum atomic E-state index is -0.931. The van der Waals surface area contributed by atoms with Crippen LogP contribution < -0.4 is 5.46 Å². The van der Waals surface area contributed by atoms with Gasteiger partial charge in [-0.1, -0.05) is 23.2 Å². The number of hydrogen-bond acceptors (Lipinski definition) is 2. The van der Waals surface area contributed by atoms with Crippen molar-refractivity contribution in [2.24, 2.45) is 0 Å². The molecule has 1 N–H and O–H groups in total. The predicted octanol–water partition coefficient (Wildman–Crippen LogP) is 2.71. The summed E-state index contributed by atoms with van der Waals surface area (Å²) in [6.07, 6.45) is 1.92. The van der Waals surface area contributed by atoms with Gasteiger partial charge in [-0.15, -0.1) is 0 Å². The van der Waals surface area contributed by atoms with Crippen LogP contribution in [0.3, 0.4) is 0 Å². The summed E-state index contributed by atoms with van der Waals surface area (Å²) in [5.74, 6) is 0. The Morgan fingerprint density at radius 2 is 1.90 bits per heavy atom. The lowest BCUT2D eigenvalue weighted by Gasteiger charge is -2.37. The lowest BCUT2D eigenvalue weighted by Crippen LogP contribution is -2.49. The largest absolute Gasteiger partial charge is 0.427 e. The minimum absolute atomic E-state index is 0.267. The van der Waals surface area contributed by atoms with Crippen LogP contribution in [0.15, 0.2) is 18.2 Å². The van der Waals surface area contributed by atoms with E-state index in [-0.39, 0.29) is 5.54 Å². The fraction of sp³-hybridized carbons (Fsp3) is 0.588. The van der Waals surface area contributed by atoms with Crippen molar-refractivity contribution in [3.63, 3.8) is 0 Å². The van der Waals surface area contributed by atoms with Crippen LogP contribution in [0.2, 0.25) is 0 Å². The third-order valence-electron chi connectivity index (χ3n) is 4.70. The molecule has 1 saturated carbocycles. The van der Waals surface area contributed by atoms with Gasteiger partial charge in [-0.25, -0.2) is 6.57 Å². The molecule has 1 fully saturated rings. The highest BCUT2D eigenvalue weighted by molar-refractivity contribution is 6.47. The molecule has 0 bridgehead atoms. The molecule has 3 nitrogen and oxygen atoms in total. The Morgan fingerprint density at radius 1 is 1.29 bits per heavy atom. The zero-order valence-electron chi connectivity index (χ0n) is 13.5. The smallest absolute Gasteiger partial charge is 0.331 e. The van der Waals surface area contributed by atoms with Crippen LogP contribution >= 0.6 is 0 Å². The molecule has 4 heteroatoms. The third kappa shape index (κ3) is 3.15. The van der Waals surface area contributed by atoms with Gasteiger partial charge < -0.3 is 14.6 Å². The lowest BCUT2D eigenvalue weighted by molar-refractivity contribution is -0.0893. The molecule has 1 aliphatic carbocycles. The van der Waals surface area contributed by atoms with E-state index in [1.165, 1.54) is 0 Å². The van der Waals surface area contributed by atoms with Crippen LogP contribution in [0.4, 0.5) is 0 Å². The molecule has 21 heavy (non-hydrogen) atoms. The molecule has 0 saturated heterocycles. The molecule has 111 valence electrons. The average molecular weight is 284 g/mol. The summed E-state index contributed by atoms with van der Waals surface area (Å²) in [5.41, 5.74) is 1.31. The molecule has 0 spiro atoms. The first kappa shape index (κ1) is 16.1. The summed E-state index contributed by atoms with van der Waals surface area (Å²) in [6.45, 7) is 16.6. The van der Waals surface area contributed by atoms with Crippen molar-refractivity contribution in [2.75, 3.05) is 0 Å². The zero-order chi connectivity index (χ0) is 15.9. The van der Waals surface area contributed by atoms with Gasteiger partial charge >= 0.3 is 7.48 Å². The number of nitrogens with zero attached hydrogens (tertiary/aromatic N) is 1. The molecule has 0 unspecified atom stereocenters. The molecule has 0 atom stereocenters. The SMILES string of the molecule is [C-]#[N+]C1(c2ccc([B]OC(C)(C)C(C)(C)O)c(C)c2)CC1. The number of aliphatic hydroxyl groups is 1. The Balaban J connectivity index is 2.11. The van der Waals surface area contributed by atoms with Crippen LogP contribution in [-0.2, 0) is 10.2 Å². The van der Waals surface area contributed by atoms with Gasteiger partial charge in [0.1, 0.15) is 0 Å². The molecular formula is C17H23BNO2. The highest BCUT2D eigenvalue weighted by Crippen LogP contribution is 2.49. The van der Waals surface area contributed by atoms with Gasteiger partial charge in [0.15, 0.2) is 0 Å². The Labute approximate surface area is 128 Å². The van der Waals surface area contributed by atoms with E-state index in [1.54, 1.807) is 21.3 Å². The second-order valence-corrected chi connectivity index (χ2v) is 7.02. The summed E-state index contributed by atoms with van der Waals surface area (Å²) in [6, 6.07) is 6.10. The van der Waals surface area contributed by atoms with Crippen molar-refractivity contribution in [3.8, 4) is 0 Å². The van der Waals surface area contributed by atoms with E-state index in [4.69, 9.17) is 11.2 Å². The first-order valence-corrected chi connectivity index (χ1v) is 7.34. The molecular weight excluding hydrogens is 261 g/mol. The fourth-order valence-electron chi connectivity index (χ4n) is 2.04. The van der Waals surface area contributed by atoms with E-state index < -0.39 is 11.2 Å². The van der Waals surface area contributed by atoms with Crippen molar-refractivity contribution in [2.45, 2.75) is 64.2 Å². The lowest BCUT2D eigenvalue weighted by atomic mass is 9.79. The quantitative estimate of drug-likeness (QED) is 0.666. The normalized spacial score (nSPS) is 17.2. The summed E-state index contributed by atoms with van der Waals surface area (Å²) in [4.78, 5) is 3.77. The van der Waals surface area contributed by atoms with E-state index in [0.29, 0.717) is 0 Å². The maximum absolute atomic E-state index is 10.1. The van der Waals surface area contributed by atoms with E-state index in [9.17, 15) is 5.11 Å². The monoisotopic (exact) mass is 284 g/mol. The van der Waals surface area contributed by atoms with E-state index in [2.05, 4.69) is 10.9 Å². The predicted molar refractivity (Wildman–Crippen MR) is 85.5 cm³/mol. The third-order valence-corrected chi connectivity index (χ3v) is 4.70. The van der Waals surface area contributed by atoms with Crippen LogP contribution in [0, 0.1) is 13.5 Å². The first-order chi connectivity index (χ1) is 9.61. The molecule has 0 amide bonds. The van der Waals surface area contributed by atoms with Crippen molar-refractivity contribution in [1.29, 1.82) is 0 Å². The van der Waals surface area contributed by atoms with Crippen LogP contribution in [-0.4, -0.2) is 23.8 Å². The number of benzene rings is 1. The number of hydrogen-bond donors (Lipinski definition) is 1. The maximum Gasteiger partial charge on any atom is 0.331 e.